The molecule has 0 aliphatic heterocycles. The minimum absolute atomic E-state index is 0.0914. The molecule has 1 heterocycles. The van der Waals surface area contributed by atoms with Gasteiger partial charge in [-0.2, -0.15) is 0 Å². The van der Waals surface area contributed by atoms with Crippen LogP contribution in [-0.2, 0) is 6.42 Å². The van der Waals surface area contributed by atoms with Crippen molar-refractivity contribution in [3.8, 4) is 0 Å². The van der Waals surface area contributed by atoms with Crippen LogP contribution >= 0.6 is 0 Å². The molecule has 1 aromatic heterocycles. The summed E-state index contributed by atoms with van der Waals surface area (Å²) in [6, 6.07) is 9.36. The Balaban J connectivity index is 2.37. The van der Waals surface area contributed by atoms with E-state index in [9.17, 15) is 4.79 Å². The fourth-order valence-electron chi connectivity index (χ4n) is 1.64. The standard InChI is InChI=1S/C13H13NO/c1-2-10-8-14-9-12(10)13(15)11-6-4-3-5-7-11/h3-9,14H,2H2,1H3. The number of aryl methyl sites for hydroxylation is 1. The van der Waals surface area contributed by atoms with Crippen molar-refractivity contribution in [1.82, 2.24) is 4.98 Å². The van der Waals surface area contributed by atoms with Gasteiger partial charge in [-0.3, -0.25) is 4.79 Å². The number of hydrogen-bond donors (Lipinski definition) is 1. The predicted octanol–water partition coefficient (Wildman–Crippen LogP) is 2.81. The van der Waals surface area contributed by atoms with Crippen molar-refractivity contribution in [3.63, 3.8) is 0 Å². The van der Waals surface area contributed by atoms with E-state index in [1.54, 1.807) is 6.20 Å². The smallest absolute Gasteiger partial charge is 0.194 e. The summed E-state index contributed by atoms with van der Waals surface area (Å²) in [5.74, 6) is 0.0914. The highest BCUT2D eigenvalue weighted by Gasteiger charge is 2.12. The zero-order valence-corrected chi connectivity index (χ0v) is 8.66. The Morgan fingerprint density at radius 1 is 1.20 bits per heavy atom. The minimum Gasteiger partial charge on any atom is -0.367 e. The summed E-state index contributed by atoms with van der Waals surface area (Å²) in [7, 11) is 0. The molecule has 0 atom stereocenters. The van der Waals surface area contributed by atoms with Crippen LogP contribution in [0.2, 0.25) is 0 Å². The molecule has 0 fully saturated rings. The van der Waals surface area contributed by atoms with Gasteiger partial charge in [-0.25, -0.2) is 0 Å². The van der Waals surface area contributed by atoms with Gasteiger partial charge in [-0.05, 0) is 12.0 Å². The molecule has 2 nitrogen and oxygen atoms in total. The molecule has 2 aromatic rings. The van der Waals surface area contributed by atoms with Gasteiger partial charge in [0.2, 0.25) is 0 Å². The van der Waals surface area contributed by atoms with Crippen LogP contribution in [0.15, 0.2) is 42.7 Å². The van der Waals surface area contributed by atoms with Crippen LogP contribution in [-0.4, -0.2) is 10.8 Å². The number of aromatic amines is 1. The van der Waals surface area contributed by atoms with Crippen molar-refractivity contribution in [3.05, 3.63) is 59.4 Å². The van der Waals surface area contributed by atoms with Crippen molar-refractivity contribution < 1.29 is 4.79 Å². The van der Waals surface area contributed by atoms with Gasteiger partial charge >= 0.3 is 0 Å². The number of hydrogen-bond acceptors (Lipinski definition) is 1. The molecule has 0 aliphatic carbocycles. The topological polar surface area (TPSA) is 32.9 Å². The molecule has 0 amide bonds. The zero-order chi connectivity index (χ0) is 10.7. The van der Waals surface area contributed by atoms with E-state index in [1.165, 1.54) is 0 Å². The molecule has 0 saturated carbocycles. The first-order valence-electron chi connectivity index (χ1n) is 5.08. The second kappa shape index (κ2) is 4.13. The Bertz CT molecular complexity index is 456. The van der Waals surface area contributed by atoms with Crippen LogP contribution in [0, 0.1) is 0 Å². The molecule has 15 heavy (non-hydrogen) atoms. The number of carbonyl (C=O) groups excluding carboxylic acids is 1. The SMILES string of the molecule is CCc1c[nH]cc1C(=O)c1ccccc1. The first-order valence-corrected chi connectivity index (χ1v) is 5.08. The lowest BCUT2D eigenvalue weighted by Crippen LogP contribution is -2.02. The molecular weight excluding hydrogens is 186 g/mol. The fourth-order valence-corrected chi connectivity index (χ4v) is 1.64. The monoisotopic (exact) mass is 199 g/mol. The third-order valence-corrected chi connectivity index (χ3v) is 2.49. The van der Waals surface area contributed by atoms with Gasteiger partial charge in [0, 0.05) is 23.5 Å². The average Bonchev–Trinajstić information content (AvgIpc) is 2.77. The second-order valence-corrected chi connectivity index (χ2v) is 3.44. The lowest BCUT2D eigenvalue weighted by molar-refractivity contribution is 0.103. The number of carbonyl (C=O) groups is 1. The fraction of sp³-hybridized carbons (Fsp3) is 0.154. The Morgan fingerprint density at radius 3 is 2.60 bits per heavy atom. The summed E-state index contributed by atoms with van der Waals surface area (Å²) in [6.07, 6.45) is 4.53. The van der Waals surface area contributed by atoms with Crippen LogP contribution in [0.4, 0.5) is 0 Å². The van der Waals surface area contributed by atoms with E-state index in [0.717, 1.165) is 23.1 Å². The third kappa shape index (κ3) is 1.84. The normalized spacial score (nSPS) is 10.2. The summed E-state index contributed by atoms with van der Waals surface area (Å²) >= 11 is 0. The highest BCUT2D eigenvalue weighted by atomic mass is 16.1. The first-order chi connectivity index (χ1) is 7.33. The number of benzene rings is 1. The van der Waals surface area contributed by atoms with E-state index >= 15 is 0 Å². The van der Waals surface area contributed by atoms with Gasteiger partial charge in [-0.1, -0.05) is 37.3 Å². The van der Waals surface area contributed by atoms with E-state index < -0.39 is 0 Å². The van der Waals surface area contributed by atoms with Crippen molar-refractivity contribution in [1.29, 1.82) is 0 Å². The van der Waals surface area contributed by atoms with Crippen LogP contribution in [0.5, 0.6) is 0 Å². The number of rotatable bonds is 3. The van der Waals surface area contributed by atoms with Crippen LogP contribution < -0.4 is 0 Å². The molecule has 0 spiro atoms. The van der Waals surface area contributed by atoms with E-state index in [2.05, 4.69) is 4.98 Å². The van der Waals surface area contributed by atoms with E-state index in [0.29, 0.717) is 0 Å². The van der Waals surface area contributed by atoms with Crippen LogP contribution in [0.3, 0.4) is 0 Å². The maximum Gasteiger partial charge on any atom is 0.194 e. The summed E-state index contributed by atoms with van der Waals surface area (Å²) < 4.78 is 0. The van der Waals surface area contributed by atoms with Crippen molar-refractivity contribution >= 4 is 5.78 Å². The van der Waals surface area contributed by atoms with Gasteiger partial charge in [-0.15, -0.1) is 0 Å². The average molecular weight is 199 g/mol. The van der Waals surface area contributed by atoms with Crippen molar-refractivity contribution in [2.45, 2.75) is 13.3 Å². The number of aromatic nitrogens is 1. The molecule has 2 rings (SSSR count). The van der Waals surface area contributed by atoms with Gasteiger partial charge in [0.15, 0.2) is 5.78 Å². The number of nitrogens with one attached hydrogen (secondary N) is 1. The largest absolute Gasteiger partial charge is 0.367 e. The molecule has 0 aliphatic rings. The van der Waals surface area contributed by atoms with E-state index in [-0.39, 0.29) is 5.78 Å². The van der Waals surface area contributed by atoms with Gasteiger partial charge in [0.1, 0.15) is 0 Å². The molecule has 0 saturated heterocycles. The highest BCUT2D eigenvalue weighted by Crippen LogP contribution is 2.14. The molecule has 1 N–H and O–H groups in total. The molecule has 0 unspecified atom stereocenters. The zero-order valence-electron chi connectivity index (χ0n) is 8.66. The minimum atomic E-state index is 0.0914. The molecule has 1 aromatic carbocycles. The summed E-state index contributed by atoms with van der Waals surface area (Å²) in [5.41, 5.74) is 2.60. The predicted molar refractivity (Wildman–Crippen MR) is 60.0 cm³/mol. The quantitative estimate of drug-likeness (QED) is 0.757. The summed E-state index contributed by atoms with van der Waals surface area (Å²) in [4.78, 5) is 15.0. The van der Waals surface area contributed by atoms with E-state index in [4.69, 9.17) is 0 Å². The van der Waals surface area contributed by atoms with Crippen LogP contribution in [0.25, 0.3) is 0 Å². The molecule has 2 heteroatoms. The Labute approximate surface area is 89.0 Å². The van der Waals surface area contributed by atoms with Gasteiger partial charge in [0.25, 0.3) is 0 Å². The third-order valence-electron chi connectivity index (χ3n) is 2.49. The molecular formula is C13H13NO. The van der Waals surface area contributed by atoms with Crippen molar-refractivity contribution in [2.24, 2.45) is 0 Å². The molecule has 76 valence electrons. The first kappa shape index (κ1) is 9.71. The Morgan fingerprint density at radius 2 is 1.93 bits per heavy atom. The van der Waals surface area contributed by atoms with Crippen LogP contribution in [0.1, 0.15) is 28.4 Å². The summed E-state index contributed by atoms with van der Waals surface area (Å²) in [5, 5.41) is 0. The highest BCUT2D eigenvalue weighted by molar-refractivity contribution is 6.09. The molecule has 0 bridgehead atoms. The number of H-pyrrole nitrogens is 1. The number of ketones is 1. The molecule has 0 radical (unpaired) electrons. The summed E-state index contributed by atoms with van der Waals surface area (Å²) in [6.45, 7) is 2.05. The maximum absolute atomic E-state index is 12.1. The Hall–Kier alpha value is -1.83. The Kier molecular flexibility index (Phi) is 2.68. The van der Waals surface area contributed by atoms with E-state index in [1.807, 2.05) is 43.5 Å². The van der Waals surface area contributed by atoms with Crippen molar-refractivity contribution in [2.75, 3.05) is 0 Å². The second-order valence-electron chi connectivity index (χ2n) is 3.44. The lowest BCUT2D eigenvalue weighted by Gasteiger charge is -2.00. The van der Waals surface area contributed by atoms with Gasteiger partial charge < -0.3 is 4.98 Å². The lowest BCUT2D eigenvalue weighted by atomic mass is 10.0. The van der Waals surface area contributed by atoms with Gasteiger partial charge in [0.05, 0.1) is 0 Å². The maximum atomic E-state index is 12.1.